The fourth-order valence-electron chi connectivity index (χ4n) is 7.46. The number of hydrogen-bond acceptors (Lipinski definition) is 5. The van der Waals surface area contributed by atoms with Crippen LogP contribution >= 0.6 is 0 Å². The Bertz CT molecular complexity index is 1870. The van der Waals surface area contributed by atoms with Gasteiger partial charge in [0.25, 0.3) is 0 Å². The summed E-state index contributed by atoms with van der Waals surface area (Å²) >= 11 is 0. The number of fused-ring (bicyclic) bond motifs is 2. The van der Waals surface area contributed by atoms with E-state index in [9.17, 15) is 41.0 Å². The van der Waals surface area contributed by atoms with Crippen molar-refractivity contribution < 1.29 is 41.0 Å². The highest BCUT2D eigenvalue weighted by molar-refractivity contribution is 6.06. The highest BCUT2D eigenvalue weighted by Crippen LogP contribution is 2.47. The van der Waals surface area contributed by atoms with Gasteiger partial charge >= 0.3 is 18.3 Å². The van der Waals surface area contributed by atoms with Crippen LogP contribution in [0.4, 0.5) is 26.3 Å². The Hall–Kier alpha value is -4.23. The molecule has 1 amide bonds. The zero-order valence-corrected chi connectivity index (χ0v) is 26.7. The van der Waals surface area contributed by atoms with Gasteiger partial charge in [-0.1, -0.05) is 36.4 Å². The number of carboxylic acids is 1. The van der Waals surface area contributed by atoms with Gasteiger partial charge in [0, 0.05) is 30.2 Å². The molecule has 0 bridgehead atoms. The second kappa shape index (κ2) is 13.2. The molecule has 2 N–H and O–H groups in total. The molecule has 3 aromatic carbocycles. The van der Waals surface area contributed by atoms with Crippen LogP contribution in [0.5, 0.6) is 0 Å². The number of hydrogen-bond donors (Lipinski definition) is 2. The van der Waals surface area contributed by atoms with Gasteiger partial charge in [0.15, 0.2) is 0 Å². The van der Waals surface area contributed by atoms with E-state index in [1.807, 2.05) is 24.3 Å². The predicted octanol–water partition coefficient (Wildman–Crippen LogP) is 7.14. The van der Waals surface area contributed by atoms with Crippen molar-refractivity contribution in [1.29, 1.82) is 0 Å². The Morgan fingerprint density at radius 3 is 2.33 bits per heavy atom. The van der Waals surface area contributed by atoms with E-state index in [-0.39, 0.29) is 12.5 Å². The summed E-state index contributed by atoms with van der Waals surface area (Å²) in [6.45, 7) is -1.62. The normalized spacial score (nSPS) is 19.7. The van der Waals surface area contributed by atoms with E-state index in [1.54, 1.807) is 30.6 Å². The maximum Gasteiger partial charge on any atom is 0.403 e. The third-order valence-corrected chi connectivity index (χ3v) is 10.1. The molecule has 13 heteroatoms. The molecule has 0 aliphatic carbocycles. The zero-order chi connectivity index (χ0) is 35.1. The molecule has 2 atom stereocenters. The number of carbonyl (C=O) groups is 2. The van der Waals surface area contributed by atoms with Crippen molar-refractivity contribution in [2.75, 3.05) is 33.2 Å². The fourth-order valence-corrected chi connectivity index (χ4v) is 7.46. The number of halogens is 6. The van der Waals surface area contributed by atoms with Crippen molar-refractivity contribution in [3.63, 3.8) is 0 Å². The van der Waals surface area contributed by atoms with Gasteiger partial charge in [-0.2, -0.15) is 26.3 Å². The molecule has 4 aromatic rings. The quantitative estimate of drug-likeness (QED) is 0.192. The number of likely N-dealkylation sites (tertiary alicyclic amines) is 2. The summed E-state index contributed by atoms with van der Waals surface area (Å²) < 4.78 is 81.9. The Labute approximate surface area is 278 Å². The van der Waals surface area contributed by atoms with Crippen LogP contribution < -0.4 is 5.32 Å². The van der Waals surface area contributed by atoms with Crippen LogP contribution in [-0.2, 0) is 16.0 Å². The predicted molar refractivity (Wildman–Crippen MR) is 173 cm³/mol. The van der Waals surface area contributed by atoms with Gasteiger partial charge in [-0.25, -0.2) is 4.79 Å². The molecule has 2 fully saturated rings. The first kappa shape index (κ1) is 34.6. The Morgan fingerprint density at radius 2 is 1.67 bits per heavy atom. The first-order valence-corrected chi connectivity index (χ1v) is 16.2. The molecular formula is C36H36F6N4O3. The number of pyridine rings is 1. The van der Waals surface area contributed by atoms with Gasteiger partial charge < -0.3 is 10.4 Å². The van der Waals surface area contributed by atoms with Gasteiger partial charge in [0.2, 0.25) is 5.91 Å². The number of alkyl halides is 6. The maximum atomic E-state index is 14.4. The molecule has 1 unspecified atom stereocenters. The van der Waals surface area contributed by atoms with Gasteiger partial charge in [0.05, 0.1) is 6.54 Å². The summed E-state index contributed by atoms with van der Waals surface area (Å²) in [6.07, 6.45) is -6.20. The summed E-state index contributed by atoms with van der Waals surface area (Å²) in [6, 6.07) is 15.7. The van der Waals surface area contributed by atoms with Crippen LogP contribution in [0, 0.1) is 5.41 Å². The van der Waals surface area contributed by atoms with Crippen LogP contribution in [0.2, 0.25) is 0 Å². The number of benzene rings is 3. The van der Waals surface area contributed by atoms with Crippen molar-refractivity contribution >= 4 is 33.4 Å². The first-order chi connectivity index (χ1) is 23.2. The number of piperidine rings is 1. The Kier molecular flexibility index (Phi) is 9.35. The monoisotopic (exact) mass is 686 g/mol. The number of nitrogens with one attached hydrogen (secondary N) is 1. The summed E-state index contributed by atoms with van der Waals surface area (Å²) in [5.74, 6) is -3.08. The van der Waals surface area contributed by atoms with Gasteiger partial charge in [-0.05, 0) is 109 Å². The molecule has 7 nitrogen and oxygen atoms in total. The first-order valence-electron chi connectivity index (χ1n) is 16.2. The third-order valence-electron chi connectivity index (χ3n) is 10.1. The lowest BCUT2D eigenvalue weighted by Gasteiger charge is -2.42. The standard InChI is InChI=1S/C36H36F6N4O3/c1-45-14-4-9-31(45)24-17-23-10-13-43-20-29(23)28(18-24)27-8-3-6-25-22(5-2-7-26(25)27)19-30(32(47)48)44-33(49)34(36(40,41)42)11-15-46(16-12-34)21-35(37,38)39/h2-3,5-8,10,13,17-18,20,30-31H,4,9,11-12,14-16,19,21H2,1H3,(H,44,49)(H,47,48)/t30-,31?/m0/s1. The molecule has 0 radical (unpaired) electrons. The molecular weight excluding hydrogens is 650 g/mol. The number of amides is 1. The van der Waals surface area contributed by atoms with Crippen molar-refractivity contribution in [2.24, 2.45) is 5.41 Å². The average molecular weight is 687 g/mol. The van der Waals surface area contributed by atoms with Gasteiger partial charge in [-0.3, -0.25) is 19.6 Å². The number of nitrogens with zero attached hydrogens (tertiary/aromatic N) is 3. The van der Waals surface area contributed by atoms with Crippen LogP contribution in [0.15, 0.2) is 67.0 Å². The summed E-state index contributed by atoms with van der Waals surface area (Å²) in [4.78, 5) is 33.2. The van der Waals surface area contributed by atoms with Crippen molar-refractivity contribution in [3.8, 4) is 11.1 Å². The lowest BCUT2D eigenvalue weighted by atomic mass is 9.76. The minimum atomic E-state index is -5.10. The lowest BCUT2D eigenvalue weighted by Crippen LogP contribution is -2.59. The third kappa shape index (κ3) is 6.96. The maximum absolute atomic E-state index is 14.4. The van der Waals surface area contributed by atoms with E-state index in [4.69, 9.17) is 0 Å². The van der Waals surface area contributed by atoms with Crippen molar-refractivity contribution in [2.45, 2.75) is 56.5 Å². The minimum Gasteiger partial charge on any atom is -0.480 e. The van der Waals surface area contributed by atoms with Crippen LogP contribution in [-0.4, -0.2) is 83.4 Å². The minimum absolute atomic E-state index is 0.249. The topological polar surface area (TPSA) is 85.8 Å². The Morgan fingerprint density at radius 1 is 0.959 bits per heavy atom. The van der Waals surface area contributed by atoms with Gasteiger partial charge in [0.1, 0.15) is 11.5 Å². The molecule has 3 heterocycles. The van der Waals surface area contributed by atoms with E-state index in [0.29, 0.717) is 10.9 Å². The summed E-state index contributed by atoms with van der Waals surface area (Å²) in [5.41, 5.74) is 0.469. The van der Waals surface area contributed by atoms with Crippen LogP contribution in [0.25, 0.3) is 32.7 Å². The van der Waals surface area contributed by atoms with E-state index >= 15 is 0 Å². The molecule has 49 heavy (non-hydrogen) atoms. The average Bonchev–Trinajstić information content (AvgIpc) is 3.48. The largest absolute Gasteiger partial charge is 0.480 e. The smallest absolute Gasteiger partial charge is 0.403 e. The summed E-state index contributed by atoms with van der Waals surface area (Å²) in [5, 5.41) is 15.6. The lowest BCUT2D eigenvalue weighted by molar-refractivity contribution is -0.236. The van der Waals surface area contributed by atoms with E-state index in [2.05, 4.69) is 34.4 Å². The molecule has 260 valence electrons. The molecule has 0 saturated carbocycles. The molecule has 0 spiro atoms. The molecule has 2 aliphatic heterocycles. The number of carbonyl (C=O) groups excluding carboxylic acids is 1. The highest BCUT2D eigenvalue weighted by atomic mass is 19.4. The number of aromatic nitrogens is 1. The van der Waals surface area contributed by atoms with E-state index in [1.165, 1.54) is 5.56 Å². The van der Waals surface area contributed by atoms with E-state index < -0.39 is 68.2 Å². The Balaban J connectivity index is 1.32. The van der Waals surface area contributed by atoms with Crippen LogP contribution in [0.3, 0.4) is 0 Å². The second-order valence-electron chi connectivity index (χ2n) is 13.2. The fraction of sp³-hybridized carbons (Fsp3) is 0.417. The summed E-state index contributed by atoms with van der Waals surface area (Å²) in [7, 11) is 2.10. The van der Waals surface area contributed by atoms with E-state index in [0.717, 1.165) is 51.6 Å². The number of rotatable bonds is 8. The molecule has 2 aliphatic rings. The van der Waals surface area contributed by atoms with Gasteiger partial charge in [-0.15, -0.1) is 0 Å². The highest BCUT2D eigenvalue weighted by Gasteiger charge is 2.61. The SMILES string of the molecule is CN1CCCC1c1cc(-c2cccc3c(C[C@H](NC(=O)C4(C(F)(F)F)CCN(CC(F)(F)F)CC4)C(=O)O)cccc23)c2cnccc2c1. The molecule has 2 saturated heterocycles. The number of aliphatic carboxylic acids is 1. The zero-order valence-electron chi connectivity index (χ0n) is 26.7. The second-order valence-corrected chi connectivity index (χ2v) is 13.2. The van der Waals surface area contributed by atoms with Crippen molar-refractivity contribution in [3.05, 3.63) is 78.1 Å². The van der Waals surface area contributed by atoms with Crippen molar-refractivity contribution in [1.82, 2.24) is 20.1 Å². The number of carboxylic acid groups (broad SMARTS) is 1. The van der Waals surface area contributed by atoms with Crippen LogP contribution in [0.1, 0.15) is 42.9 Å². The molecule has 6 rings (SSSR count). The molecule has 1 aromatic heterocycles.